The maximum Gasteiger partial charge on any atom is 0.223 e. The number of aromatic hydroxyl groups is 2. The average molecular weight is 414 g/mol. The van der Waals surface area contributed by atoms with E-state index in [1.807, 2.05) is 0 Å². The SMILES string of the molecule is CS(=O)(=O)N1CCC(Nc2ncc3cc(-c4cccc(O)c4)c(O)cc3n2)CC1. The van der Waals surface area contributed by atoms with Crippen molar-refractivity contribution in [3.63, 3.8) is 0 Å². The van der Waals surface area contributed by atoms with Crippen LogP contribution in [-0.2, 0) is 10.0 Å². The van der Waals surface area contributed by atoms with Crippen LogP contribution in [0.25, 0.3) is 22.0 Å². The van der Waals surface area contributed by atoms with Crippen molar-refractivity contribution < 1.29 is 18.6 Å². The molecule has 9 heteroatoms. The lowest BCUT2D eigenvalue weighted by Crippen LogP contribution is -2.42. The molecular weight excluding hydrogens is 392 g/mol. The van der Waals surface area contributed by atoms with Crippen LogP contribution in [0.15, 0.2) is 42.6 Å². The first-order valence-corrected chi connectivity index (χ1v) is 11.2. The summed E-state index contributed by atoms with van der Waals surface area (Å²) in [6.07, 6.45) is 4.26. The van der Waals surface area contributed by atoms with E-state index in [0.717, 1.165) is 5.39 Å². The molecule has 1 aliphatic rings. The molecule has 1 aromatic heterocycles. The summed E-state index contributed by atoms with van der Waals surface area (Å²) in [5.41, 5.74) is 1.88. The third-order valence-electron chi connectivity index (χ3n) is 5.11. The molecule has 4 rings (SSSR count). The predicted molar refractivity (Wildman–Crippen MR) is 111 cm³/mol. The van der Waals surface area contributed by atoms with Crippen LogP contribution in [-0.4, -0.2) is 58.3 Å². The second kappa shape index (κ2) is 7.49. The van der Waals surface area contributed by atoms with Crippen molar-refractivity contribution in [2.45, 2.75) is 18.9 Å². The molecule has 3 N–H and O–H groups in total. The van der Waals surface area contributed by atoms with E-state index in [1.54, 1.807) is 42.6 Å². The van der Waals surface area contributed by atoms with Crippen molar-refractivity contribution in [2.24, 2.45) is 0 Å². The molecule has 0 radical (unpaired) electrons. The van der Waals surface area contributed by atoms with Crippen LogP contribution >= 0.6 is 0 Å². The van der Waals surface area contributed by atoms with E-state index in [-0.39, 0.29) is 17.5 Å². The van der Waals surface area contributed by atoms with Gasteiger partial charge in [-0.1, -0.05) is 12.1 Å². The van der Waals surface area contributed by atoms with Gasteiger partial charge in [0.1, 0.15) is 11.5 Å². The lowest BCUT2D eigenvalue weighted by atomic mass is 10.0. The maximum atomic E-state index is 11.6. The molecule has 29 heavy (non-hydrogen) atoms. The van der Waals surface area contributed by atoms with E-state index < -0.39 is 10.0 Å². The van der Waals surface area contributed by atoms with Crippen molar-refractivity contribution >= 4 is 26.9 Å². The normalized spacial score (nSPS) is 16.2. The number of benzene rings is 2. The first-order chi connectivity index (χ1) is 13.8. The third-order valence-corrected chi connectivity index (χ3v) is 6.41. The first kappa shape index (κ1) is 19.4. The fraction of sp³-hybridized carbons (Fsp3) is 0.300. The van der Waals surface area contributed by atoms with Crippen molar-refractivity contribution in [1.82, 2.24) is 14.3 Å². The molecule has 8 nitrogen and oxygen atoms in total. The topological polar surface area (TPSA) is 116 Å². The van der Waals surface area contributed by atoms with E-state index in [2.05, 4.69) is 15.3 Å². The number of nitrogens with zero attached hydrogens (tertiary/aromatic N) is 3. The second-order valence-electron chi connectivity index (χ2n) is 7.25. The molecule has 152 valence electrons. The van der Waals surface area contributed by atoms with E-state index in [9.17, 15) is 18.6 Å². The Morgan fingerprint density at radius 2 is 1.90 bits per heavy atom. The fourth-order valence-electron chi connectivity index (χ4n) is 3.56. The number of hydrogen-bond donors (Lipinski definition) is 3. The quantitative estimate of drug-likeness (QED) is 0.601. The van der Waals surface area contributed by atoms with Crippen LogP contribution in [0.1, 0.15) is 12.8 Å². The highest BCUT2D eigenvalue weighted by molar-refractivity contribution is 7.88. The Morgan fingerprint density at radius 3 is 2.59 bits per heavy atom. The van der Waals surface area contributed by atoms with Gasteiger partial charge in [0.25, 0.3) is 0 Å². The zero-order valence-corrected chi connectivity index (χ0v) is 16.7. The monoisotopic (exact) mass is 414 g/mol. The summed E-state index contributed by atoms with van der Waals surface area (Å²) < 4.78 is 24.7. The summed E-state index contributed by atoms with van der Waals surface area (Å²) in [5, 5.41) is 24.1. The lowest BCUT2D eigenvalue weighted by molar-refractivity contribution is 0.331. The zero-order chi connectivity index (χ0) is 20.6. The zero-order valence-electron chi connectivity index (χ0n) is 15.9. The summed E-state index contributed by atoms with van der Waals surface area (Å²) in [4.78, 5) is 8.85. The maximum absolute atomic E-state index is 11.6. The molecule has 0 spiro atoms. The third kappa shape index (κ3) is 4.25. The number of rotatable bonds is 4. The lowest BCUT2D eigenvalue weighted by Gasteiger charge is -2.30. The van der Waals surface area contributed by atoms with Crippen LogP contribution in [0.3, 0.4) is 0 Å². The fourth-order valence-corrected chi connectivity index (χ4v) is 4.43. The minimum Gasteiger partial charge on any atom is -0.508 e. The highest BCUT2D eigenvalue weighted by Crippen LogP contribution is 2.34. The Bertz CT molecular complexity index is 1160. The Kier molecular flexibility index (Phi) is 5.01. The predicted octanol–water partition coefficient (Wildman–Crippen LogP) is 2.54. The molecule has 0 aliphatic carbocycles. The van der Waals surface area contributed by atoms with Gasteiger partial charge in [-0.05, 0) is 36.6 Å². The molecule has 3 aromatic rings. The van der Waals surface area contributed by atoms with E-state index in [4.69, 9.17) is 0 Å². The molecule has 1 saturated heterocycles. The second-order valence-corrected chi connectivity index (χ2v) is 9.24. The Balaban J connectivity index is 1.54. The van der Waals surface area contributed by atoms with Gasteiger partial charge in [-0.3, -0.25) is 0 Å². The molecule has 0 atom stereocenters. The number of phenolic OH excluding ortho intramolecular Hbond substituents is 2. The van der Waals surface area contributed by atoms with Crippen LogP contribution < -0.4 is 5.32 Å². The number of phenols is 2. The number of aromatic nitrogens is 2. The van der Waals surface area contributed by atoms with E-state index in [0.29, 0.717) is 48.5 Å². The Hall–Kier alpha value is -2.91. The van der Waals surface area contributed by atoms with E-state index >= 15 is 0 Å². The molecule has 2 heterocycles. The summed E-state index contributed by atoms with van der Waals surface area (Å²) >= 11 is 0. The average Bonchev–Trinajstić information content (AvgIpc) is 2.67. The number of fused-ring (bicyclic) bond motifs is 1. The minimum atomic E-state index is -3.15. The highest BCUT2D eigenvalue weighted by atomic mass is 32.2. The van der Waals surface area contributed by atoms with E-state index in [1.165, 1.54) is 10.6 Å². The first-order valence-electron chi connectivity index (χ1n) is 9.30. The number of hydrogen-bond acceptors (Lipinski definition) is 7. The number of nitrogens with one attached hydrogen (secondary N) is 1. The van der Waals surface area contributed by atoms with Crippen molar-refractivity contribution in [1.29, 1.82) is 0 Å². The van der Waals surface area contributed by atoms with Gasteiger partial charge < -0.3 is 15.5 Å². The molecule has 0 bridgehead atoms. The number of anilines is 1. The summed E-state index contributed by atoms with van der Waals surface area (Å²) in [6.45, 7) is 0.941. The smallest absolute Gasteiger partial charge is 0.223 e. The summed E-state index contributed by atoms with van der Waals surface area (Å²) in [6, 6.07) is 10.1. The molecule has 0 saturated carbocycles. The van der Waals surface area contributed by atoms with Gasteiger partial charge >= 0.3 is 0 Å². The Labute approximate surface area is 168 Å². The van der Waals surface area contributed by atoms with Crippen LogP contribution in [0.5, 0.6) is 11.5 Å². The molecular formula is C20H22N4O4S. The van der Waals surface area contributed by atoms with Crippen LogP contribution in [0.4, 0.5) is 5.95 Å². The van der Waals surface area contributed by atoms with Crippen molar-refractivity contribution in [3.05, 3.63) is 42.6 Å². The summed E-state index contributed by atoms with van der Waals surface area (Å²) in [7, 11) is -3.15. The van der Waals surface area contributed by atoms with Gasteiger partial charge in [0, 0.05) is 42.3 Å². The minimum absolute atomic E-state index is 0.0641. The van der Waals surface area contributed by atoms with Gasteiger partial charge in [-0.2, -0.15) is 0 Å². The number of sulfonamides is 1. The van der Waals surface area contributed by atoms with Crippen LogP contribution in [0, 0.1) is 0 Å². The van der Waals surface area contributed by atoms with Gasteiger partial charge in [0.2, 0.25) is 16.0 Å². The standard InChI is InChI=1S/C20H22N4O4S/c1-29(27,28)24-7-5-15(6-8-24)22-20-21-12-14-10-17(19(26)11-18(14)23-20)13-3-2-4-16(25)9-13/h2-4,9-12,15,25-26H,5-8H2,1H3,(H,21,22,23). The molecule has 1 aliphatic heterocycles. The molecule has 0 amide bonds. The van der Waals surface area contributed by atoms with Crippen LogP contribution in [0.2, 0.25) is 0 Å². The largest absolute Gasteiger partial charge is 0.508 e. The Morgan fingerprint density at radius 1 is 1.14 bits per heavy atom. The highest BCUT2D eigenvalue weighted by Gasteiger charge is 2.25. The van der Waals surface area contributed by atoms with Gasteiger partial charge in [0.05, 0.1) is 11.8 Å². The molecule has 1 fully saturated rings. The molecule has 2 aromatic carbocycles. The van der Waals surface area contributed by atoms with Crippen molar-refractivity contribution in [3.8, 4) is 22.6 Å². The number of piperidine rings is 1. The molecule has 0 unspecified atom stereocenters. The van der Waals surface area contributed by atoms with Crippen molar-refractivity contribution in [2.75, 3.05) is 24.7 Å². The van der Waals surface area contributed by atoms with Gasteiger partial charge in [-0.25, -0.2) is 22.7 Å². The van der Waals surface area contributed by atoms with Gasteiger partial charge in [-0.15, -0.1) is 0 Å². The van der Waals surface area contributed by atoms with Gasteiger partial charge in [0.15, 0.2) is 0 Å². The summed E-state index contributed by atoms with van der Waals surface area (Å²) in [5.74, 6) is 0.633.